The van der Waals surface area contributed by atoms with Gasteiger partial charge in [0.2, 0.25) is 5.91 Å². The van der Waals surface area contributed by atoms with Crippen molar-refractivity contribution < 1.29 is 18.0 Å². The number of halogens is 3. The number of rotatable bonds is 6. The van der Waals surface area contributed by atoms with Crippen LogP contribution in [0.25, 0.3) is 0 Å². The highest BCUT2D eigenvalue weighted by Gasteiger charge is 2.30. The predicted octanol–water partition coefficient (Wildman–Crippen LogP) is 1.01. The lowest BCUT2D eigenvalue weighted by Crippen LogP contribution is -2.42. The van der Waals surface area contributed by atoms with Crippen molar-refractivity contribution in [2.24, 2.45) is 0 Å². The summed E-state index contributed by atoms with van der Waals surface area (Å²) >= 11 is 0. The van der Waals surface area contributed by atoms with Crippen molar-refractivity contribution in [1.29, 1.82) is 0 Å². The molecule has 0 saturated carbocycles. The summed E-state index contributed by atoms with van der Waals surface area (Å²) < 4.78 is 36.4. The lowest BCUT2D eigenvalue weighted by atomic mass is 10.3. The van der Waals surface area contributed by atoms with Crippen LogP contribution in [-0.2, 0) is 4.79 Å². The van der Waals surface area contributed by atoms with Crippen molar-refractivity contribution in [1.82, 2.24) is 10.2 Å². The second kappa shape index (κ2) is 7.12. The maximum absolute atomic E-state index is 12.1. The van der Waals surface area contributed by atoms with Crippen molar-refractivity contribution in [2.75, 3.05) is 26.2 Å². The number of nitrogens with one attached hydrogen (secondary N) is 1. The second-order valence-corrected chi connectivity index (χ2v) is 3.31. The van der Waals surface area contributed by atoms with E-state index in [2.05, 4.69) is 11.2 Å². The van der Waals surface area contributed by atoms with Gasteiger partial charge in [-0.2, -0.15) is 13.2 Å². The first-order valence-corrected chi connectivity index (χ1v) is 4.88. The van der Waals surface area contributed by atoms with Crippen LogP contribution in [0.5, 0.6) is 0 Å². The summed E-state index contributed by atoms with van der Waals surface area (Å²) in [6, 6.07) is 0. The molecule has 0 heterocycles. The molecule has 16 heavy (non-hydrogen) atoms. The molecule has 0 radical (unpaired) electrons. The average Bonchev–Trinajstić information content (AvgIpc) is 2.12. The van der Waals surface area contributed by atoms with Crippen LogP contribution in [0, 0.1) is 12.3 Å². The lowest BCUT2D eigenvalue weighted by Gasteiger charge is -2.22. The fourth-order valence-electron chi connectivity index (χ4n) is 1.19. The Morgan fingerprint density at radius 1 is 1.50 bits per heavy atom. The van der Waals surface area contributed by atoms with Gasteiger partial charge in [0.1, 0.15) is 0 Å². The van der Waals surface area contributed by atoms with Gasteiger partial charge < -0.3 is 5.32 Å². The Balaban J connectivity index is 4.12. The summed E-state index contributed by atoms with van der Waals surface area (Å²) in [4.78, 5) is 12.2. The highest BCUT2D eigenvalue weighted by atomic mass is 19.4. The lowest BCUT2D eigenvalue weighted by molar-refractivity contribution is -0.148. The molecule has 0 spiro atoms. The van der Waals surface area contributed by atoms with Gasteiger partial charge in [0.15, 0.2) is 0 Å². The van der Waals surface area contributed by atoms with E-state index in [4.69, 9.17) is 6.42 Å². The maximum Gasteiger partial charge on any atom is 0.401 e. The molecule has 6 heteroatoms. The van der Waals surface area contributed by atoms with E-state index < -0.39 is 18.6 Å². The van der Waals surface area contributed by atoms with Crippen LogP contribution in [0.3, 0.4) is 0 Å². The number of amides is 1. The predicted molar refractivity (Wildman–Crippen MR) is 54.6 cm³/mol. The van der Waals surface area contributed by atoms with Crippen molar-refractivity contribution in [3.05, 3.63) is 0 Å². The first kappa shape index (κ1) is 14.8. The number of alkyl halides is 3. The minimum Gasteiger partial charge on any atom is -0.344 e. The van der Waals surface area contributed by atoms with Crippen LogP contribution in [0.4, 0.5) is 13.2 Å². The SMILES string of the molecule is C#CCNC(=O)CN(CCC)CC(F)(F)F. The number of nitrogens with zero attached hydrogens (tertiary/aromatic N) is 1. The molecule has 0 atom stereocenters. The second-order valence-electron chi connectivity index (χ2n) is 3.31. The van der Waals surface area contributed by atoms with Gasteiger partial charge in [-0.1, -0.05) is 12.8 Å². The molecular formula is C10H15F3N2O. The molecule has 0 bridgehead atoms. The number of carbonyl (C=O) groups excluding carboxylic acids is 1. The fraction of sp³-hybridized carbons (Fsp3) is 0.700. The Labute approximate surface area is 93.0 Å². The molecule has 0 rings (SSSR count). The Kier molecular flexibility index (Phi) is 6.58. The van der Waals surface area contributed by atoms with Crippen LogP contribution in [0.15, 0.2) is 0 Å². The molecule has 0 unspecified atom stereocenters. The van der Waals surface area contributed by atoms with Gasteiger partial charge in [-0.15, -0.1) is 6.42 Å². The summed E-state index contributed by atoms with van der Waals surface area (Å²) in [6.45, 7) is 0.649. The summed E-state index contributed by atoms with van der Waals surface area (Å²) in [7, 11) is 0. The van der Waals surface area contributed by atoms with Crippen molar-refractivity contribution in [3.63, 3.8) is 0 Å². The van der Waals surface area contributed by atoms with Crippen LogP contribution in [0.1, 0.15) is 13.3 Å². The third-order valence-corrected chi connectivity index (χ3v) is 1.70. The normalized spacial score (nSPS) is 11.2. The van der Waals surface area contributed by atoms with E-state index in [0.717, 1.165) is 4.90 Å². The van der Waals surface area contributed by atoms with E-state index in [1.807, 2.05) is 0 Å². The molecule has 0 aromatic rings. The summed E-state index contributed by atoms with van der Waals surface area (Å²) in [5, 5.41) is 2.32. The number of hydrogen-bond acceptors (Lipinski definition) is 2. The van der Waals surface area contributed by atoms with Gasteiger partial charge >= 0.3 is 6.18 Å². The van der Waals surface area contributed by atoms with Gasteiger partial charge in [-0.3, -0.25) is 9.69 Å². The standard InChI is InChI=1S/C10H15F3N2O/c1-3-5-14-9(16)7-15(6-4-2)8-10(11,12)13/h1H,4-8H2,2H3,(H,14,16). The monoisotopic (exact) mass is 236 g/mol. The fourth-order valence-corrected chi connectivity index (χ4v) is 1.19. The first-order valence-electron chi connectivity index (χ1n) is 4.88. The van der Waals surface area contributed by atoms with Gasteiger partial charge in [-0.05, 0) is 13.0 Å². The first-order chi connectivity index (χ1) is 7.39. The van der Waals surface area contributed by atoms with E-state index in [1.165, 1.54) is 0 Å². The number of hydrogen-bond donors (Lipinski definition) is 1. The zero-order valence-corrected chi connectivity index (χ0v) is 9.10. The Morgan fingerprint density at radius 3 is 2.56 bits per heavy atom. The Bertz CT molecular complexity index is 258. The van der Waals surface area contributed by atoms with Gasteiger partial charge in [0.25, 0.3) is 0 Å². The average molecular weight is 236 g/mol. The summed E-state index contributed by atoms with van der Waals surface area (Å²) in [5.74, 6) is 1.69. The van der Waals surface area contributed by atoms with E-state index in [1.54, 1.807) is 6.92 Å². The smallest absolute Gasteiger partial charge is 0.344 e. The Hall–Kier alpha value is -1.22. The topological polar surface area (TPSA) is 32.3 Å². The minimum absolute atomic E-state index is 0.0326. The maximum atomic E-state index is 12.1. The quantitative estimate of drug-likeness (QED) is 0.698. The summed E-state index contributed by atoms with van der Waals surface area (Å²) in [6.07, 6.45) is 1.17. The molecule has 0 aliphatic heterocycles. The molecule has 0 aromatic heterocycles. The molecular weight excluding hydrogens is 221 g/mol. The zero-order valence-electron chi connectivity index (χ0n) is 9.10. The third kappa shape index (κ3) is 8.12. The van der Waals surface area contributed by atoms with Crippen LogP contribution < -0.4 is 5.32 Å². The molecule has 1 N–H and O–H groups in total. The van der Waals surface area contributed by atoms with Gasteiger partial charge in [-0.25, -0.2) is 0 Å². The molecule has 0 aromatic carbocycles. The zero-order chi connectivity index (χ0) is 12.6. The number of terminal acetylenes is 1. The minimum atomic E-state index is -4.29. The Morgan fingerprint density at radius 2 is 2.12 bits per heavy atom. The van der Waals surface area contributed by atoms with E-state index in [0.29, 0.717) is 6.42 Å². The molecule has 1 amide bonds. The molecule has 3 nitrogen and oxygen atoms in total. The third-order valence-electron chi connectivity index (χ3n) is 1.70. The van der Waals surface area contributed by atoms with Crippen molar-refractivity contribution in [2.45, 2.75) is 19.5 Å². The van der Waals surface area contributed by atoms with Crippen LogP contribution in [0.2, 0.25) is 0 Å². The highest BCUT2D eigenvalue weighted by Crippen LogP contribution is 2.16. The molecule has 0 fully saturated rings. The summed E-state index contributed by atoms with van der Waals surface area (Å²) in [5.41, 5.74) is 0. The van der Waals surface area contributed by atoms with Crippen molar-refractivity contribution in [3.8, 4) is 12.3 Å². The largest absolute Gasteiger partial charge is 0.401 e. The van der Waals surface area contributed by atoms with Gasteiger partial charge in [0, 0.05) is 0 Å². The molecule has 92 valence electrons. The van der Waals surface area contributed by atoms with Gasteiger partial charge in [0.05, 0.1) is 19.6 Å². The van der Waals surface area contributed by atoms with Crippen LogP contribution >= 0.6 is 0 Å². The number of carbonyl (C=O) groups is 1. The van der Waals surface area contributed by atoms with E-state index in [9.17, 15) is 18.0 Å². The van der Waals surface area contributed by atoms with E-state index >= 15 is 0 Å². The molecule has 0 saturated heterocycles. The van der Waals surface area contributed by atoms with Crippen molar-refractivity contribution >= 4 is 5.91 Å². The van der Waals surface area contributed by atoms with Crippen LogP contribution in [-0.4, -0.2) is 43.2 Å². The molecule has 0 aliphatic rings. The molecule has 0 aliphatic carbocycles. The van der Waals surface area contributed by atoms with E-state index in [-0.39, 0.29) is 19.6 Å². The highest BCUT2D eigenvalue weighted by molar-refractivity contribution is 5.78.